The molecule has 0 aromatic heterocycles. The van der Waals surface area contributed by atoms with E-state index < -0.39 is 10.0 Å². The first-order valence-corrected chi connectivity index (χ1v) is 10.4. The van der Waals surface area contributed by atoms with Gasteiger partial charge in [0.25, 0.3) is 0 Å². The number of halogens is 1. The molecular formula is C18H28ClN3O3S. The van der Waals surface area contributed by atoms with Crippen LogP contribution in [0.3, 0.4) is 0 Å². The quantitative estimate of drug-likeness (QED) is 0.834. The lowest BCUT2D eigenvalue weighted by atomic mass is 9.96. The predicted octanol–water partition coefficient (Wildman–Crippen LogP) is 1.56. The minimum Gasteiger partial charge on any atom is -0.340 e. The van der Waals surface area contributed by atoms with Gasteiger partial charge in [0.05, 0.1) is 4.90 Å². The van der Waals surface area contributed by atoms with Crippen molar-refractivity contribution < 1.29 is 13.2 Å². The topological polar surface area (TPSA) is 69.7 Å². The lowest BCUT2D eigenvalue weighted by Crippen LogP contribution is -2.52. The summed E-state index contributed by atoms with van der Waals surface area (Å²) in [6.45, 7) is 7.19. The molecule has 146 valence electrons. The third-order valence-electron chi connectivity index (χ3n) is 5.20. The lowest BCUT2D eigenvalue weighted by Gasteiger charge is -2.36. The minimum absolute atomic E-state index is 0. The van der Waals surface area contributed by atoms with Crippen LogP contribution in [0.15, 0.2) is 23.1 Å². The largest absolute Gasteiger partial charge is 0.340 e. The van der Waals surface area contributed by atoms with Gasteiger partial charge in [0.2, 0.25) is 15.9 Å². The summed E-state index contributed by atoms with van der Waals surface area (Å²) in [7, 11) is -3.50. The predicted molar refractivity (Wildman–Crippen MR) is 104 cm³/mol. The second-order valence-electron chi connectivity index (χ2n) is 7.02. The van der Waals surface area contributed by atoms with Gasteiger partial charge in [0, 0.05) is 32.1 Å². The molecule has 2 aliphatic heterocycles. The molecule has 3 rings (SSSR count). The first kappa shape index (κ1) is 21.2. The highest BCUT2D eigenvalue weighted by Gasteiger charge is 2.33. The molecule has 6 nitrogen and oxygen atoms in total. The summed E-state index contributed by atoms with van der Waals surface area (Å²) in [5.41, 5.74) is 1.70. The summed E-state index contributed by atoms with van der Waals surface area (Å²) in [6.07, 6.45) is 1.75. The number of hydrogen-bond acceptors (Lipinski definition) is 4. The molecule has 26 heavy (non-hydrogen) atoms. The molecule has 0 aliphatic carbocycles. The Bertz CT molecular complexity index is 740. The number of aryl methyl sites for hydroxylation is 2. The van der Waals surface area contributed by atoms with Gasteiger partial charge in [-0.3, -0.25) is 4.79 Å². The van der Waals surface area contributed by atoms with Crippen LogP contribution >= 0.6 is 12.4 Å². The Labute approximate surface area is 162 Å². The van der Waals surface area contributed by atoms with Crippen LogP contribution in [0.25, 0.3) is 0 Å². The fourth-order valence-electron chi connectivity index (χ4n) is 3.60. The van der Waals surface area contributed by atoms with Crippen molar-refractivity contribution in [1.29, 1.82) is 0 Å². The molecule has 1 amide bonds. The summed E-state index contributed by atoms with van der Waals surface area (Å²) in [5.74, 6) is 0.272. The number of benzene rings is 1. The second kappa shape index (κ2) is 8.69. The number of hydrogen-bond donors (Lipinski definition) is 1. The van der Waals surface area contributed by atoms with E-state index in [9.17, 15) is 13.2 Å². The molecule has 0 radical (unpaired) electrons. The van der Waals surface area contributed by atoms with E-state index in [4.69, 9.17) is 0 Å². The molecule has 2 aliphatic rings. The van der Waals surface area contributed by atoms with Gasteiger partial charge in [-0.05, 0) is 57.0 Å². The van der Waals surface area contributed by atoms with Crippen molar-refractivity contribution in [3.63, 3.8) is 0 Å². The number of carbonyl (C=O) groups excluding carboxylic acids is 1. The summed E-state index contributed by atoms with van der Waals surface area (Å²) in [5, 5.41) is 3.27. The third kappa shape index (κ3) is 4.39. The van der Waals surface area contributed by atoms with Crippen LogP contribution in [0.1, 0.15) is 24.0 Å². The number of rotatable bonds is 3. The number of sulfonamides is 1. The number of nitrogens with zero attached hydrogens (tertiary/aromatic N) is 2. The Hall–Kier alpha value is -1.15. The van der Waals surface area contributed by atoms with Gasteiger partial charge in [0.1, 0.15) is 0 Å². The molecule has 1 N–H and O–H groups in total. The number of piperidine rings is 1. The van der Waals surface area contributed by atoms with E-state index in [2.05, 4.69) is 5.32 Å². The van der Waals surface area contributed by atoms with E-state index in [1.165, 1.54) is 4.31 Å². The molecule has 1 aromatic rings. The zero-order valence-corrected chi connectivity index (χ0v) is 17.0. The van der Waals surface area contributed by atoms with Crippen LogP contribution in [-0.2, 0) is 14.8 Å². The average molecular weight is 402 g/mol. The Morgan fingerprint density at radius 1 is 1.08 bits per heavy atom. The number of nitrogens with one attached hydrogen (secondary N) is 1. The fourth-order valence-corrected chi connectivity index (χ4v) is 5.33. The standard InChI is InChI=1S/C18H27N3O3S.ClH/c1-14-3-4-15(2)17(13-14)25(23,24)21-11-9-20(10-12-21)18(22)16-5-7-19-8-6-16;/h3-4,13,16,19H,5-12H2,1-2H3;1H. The van der Waals surface area contributed by atoms with Crippen LogP contribution in [0.4, 0.5) is 0 Å². The molecule has 0 spiro atoms. The zero-order valence-electron chi connectivity index (χ0n) is 15.4. The van der Waals surface area contributed by atoms with Gasteiger partial charge in [-0.15, -0.1) is 12.4 Å². The molecule has 0 atom stereocenters. The van der Waals surface area contributed by atoms with Gasteiger partial charge in [-0.25, -0.2) is 8.42 Å². The maximum absolute atomic E-state index is 13.0. The van der Waals surface area contributed by atoms with Gasteiger partial charge in [-0.1, -0.05) is 12.1 Å². The number of amides is 1. The van der Waals surface area contributed by atoms with Crippen molar-refractivity contribution >= 4 is 28.3 Å². The average Bonchev–Trinajstić information content (AvgIpc) is 2.64. The molecule has 0 unspecified atom stereocenters. The summed E-state index contributed by atoms with van der Waals surface area (Å²) >= 11 is 0. The Morgan fingerprint density at radius 3 is 2.31 bits per heavy atom. The maximum Gasteiger partial charge on any atom is 0.243 e. The normalized spacial score (nSPS) is 19.8. The SMILES string of the molecule is Cc1ccc(C)c(S(=O)(=O)N2CCN(C(=O)C3CCNCC3)CC2)c1.Cl. The van der Waals surface area contributed by atoms with E-state index in [1.807, 2.05) is 30.9 Å². The molecule has 2 heterocycles. The van der Waals surface area contributed by atoms with Crippen molar-refractivity contribution in [2.24, 2.45) is 5.92 Å². The first-order chi connectivity index (χ1) is 11.9. The van der Waals surface area contributed by atoms with E-state index in [-0.39, 0.29) is 24.2 Å². The minimum atomic E-state index is -3.50. The van der Waals surface area contributed by atoms with Crippen molar-refractivity contribution in [1.82, 2.24) is 14.5 Å². The van der Waals surface area contributed by atoms with Crippen molar-refractivity contribution in [3.05, 3.63) is 29.3 Å². The summed E-state index contributed by atoms with van der Waals surface area (Å²) < 4.78 is 27.4. The zero-order chi connectivity index (χ0) is 18.0. The van der Waals surface area contributed by atoms with Crippen LogP contribution in [0, 0.1) is 19.8 Å². The molecule has 8 heteroatoms. The third-order valence-corrected chi connectivity index (χ3v) is 7.24. The van der Waals surface area contributed by atoms with Gasteiger partial charge in [-0.2, -0.15) is 4.31 Å². The Morgan fingerprint density at radius 2 is 1.69 bits per heavy atom. The Kier molecular flexibility index (Phi) is 7.07. The van der Waals surface area contributed by atoms with Crippen molar-refractivity contribution in [2.45, 2.75) is 31.6 Å². The van der Waals surface area contributed by atoms with E-state index in [0.717, 1.165) is 37.1 Å². The first-order valence-electron chi connectivity index (χ1n) is 8.96. The van der Waals surface area contributed by atoms with Crippen LogP contribution in [-0.4, -0.2) is 62.8 Å². The van der Waals surface area contributed by atoms with Crippen LogP contribution in [0.5, 0.6) is 0 Å². The van der Waals surface area contributed by atoms with Crippen LogP contribution in [0.2, 0.25) is 0 Å². The Balaban J connectivity index is 0.00000243. The summed E-state index contributed by atoms with van der Waals surface area (Å²) in [6, 6.07) is 5.50. The van der Waals surface area contributed by atoms with E-state index in [1.54, 1.807) is 6.07 Å². The lowest BCUT2D eigenvalue weighted by molar-refractivity contribution is -0.137. The van der Waals surface area contributed by atoms with Gasteiger partial charge < -0.3 is 10.2 Å². The number of carbonyl (C=O) groups is 1. The second-order valence-corrected chi connectivity index (χ2v) is 8.93. The van der Waals surface area contributed by atoms with Gasteiger partial charge in [0.15, 0.2) is 0 Å². The molecule has 0 bridgehead atoms. The van der Waals surface area contributed by atoms with Gasteiger partial charge >= 0.3 is 0 Å². The molecular weight excluding hydrogens is 374 g/mol. The molecule has 2 saturated heterocycles. The molecule has 1 aromatic carbocycles. The number of piperazine rings is 1. The highest BCUT2D eigenvalue weighted by molar-refractivity contribution is 7.89. The van der Waals surface area contributed by atoms with Crippen molar-refractivity contribution in [2.75, 3.05) is 39.3 Å². The monoisotopic (exact) mass is 401 g/mol. The maximum atomic E-state index is 13.0. The van der Waals surface area contributed by atoms with Crippen LogP contribution < -0.4 is 5.32 Å². The highest BCUT2D eigenvalue weighted by atomic mass is 35.5. The molecule has 2 fully saturated rings. The smallest absolute Gasteiger partial charge is 0.243 e. The summed E-state index contributed by atoms with van der Waals surface area (Å²) in [4.78, 5) is 14.8. The van der Waals surface area contributed by atoms with Crippen molar-refractivity contribution in [3.8, 4) is 0 Å². The molecule has 0 saturated carbocycles. The fraction of sp³-hybridized carbons (Fsp3) is 0.611. The van der Waals surface area contributed by atoms with E-state index >= 15 is 0 Å². The van der Waals surface area contributed by atoms with E-state index in [0.29, 0.717) is 31.1 Å². The highest BCUT2D eigenvalue weighted by Crippen LogP contribution is 2.23.